The maximum atomic E-state index is 13.7. The molecule has 9 heteroatoms. The highest BCUT2D eigenvalue weighted by Gasteiger charge is 2.29. The van der Waals surface area contributed by atoms with Crippen molar-refractivity contribution >= 4 is 28.5 Å². The maximum absolute atomic E-state index is 13.7. The molecule has 2 N–H and O–H groups in total. The van der Waals surface area contributed by atoms with Crippen LogP contribution in [0.5, 0.6) is 0 Å². The molecule has 0 saturated heterocycles. The van der Waals surface area contributed by atoms with Gasteiger partial charge in [0.1, 0.15) is 23.7 Å². The molecule has 1 amide bonds. The molecule has 2 aromatic heterocycles. The molecule has 1 aromatic carbocycles. The number of halogens is 5. The van der Waals surface area contributed by atoms with Crippen LogP contribution in [0, 0.1) is 5.82 Å². The Labute approximate surface area is 143 Å². The minimum Gasteiger partial charge on any atom is -0.364 e. The first-order valence-corrected chi connectivity index (χ1v) is 7.35. The van der Waals surface area contributed by atoms with Gasteiger partial charge in [-0.2, -0.15) is 13.2 Å². The second-order valence-electron chi connectivity index (χ2n) is 5.35. The van der Waals surface area contributed by atoms with Crippen molar-refractivity contribution in [2.24, 2.45) is 5.73 Å². The Morgan fingerprint density at radius 1 is 1.24 bits per heavy atom. The summed E-state index contributed by atoms with van der Waals surface area (Å²) in [5, 5.41) is 0.230. The van der Waals surface area contributed by atoms with E-state index >= 15 is 0 Å². The van der Waals surface area contributed by atoms with E-state index in [1.165, 1.54) is 30.5 Å². The summed E-state index contributed by atoms with van der Waals surface area (Å²) in [6.45, 7) is -1.31. The first-order chi connectivity index (χ1) is 11.7. The van der Waals surface area contributed by atoms with Crippen molar-refractivity contribution in [3.8, 4) is 11.1 Å². The van der Waals surface area contributed by atoms with Crippen LogP contribution in [0.3, 0.4) is 0 Å². The van der Waals surface area contributed by atoms with Gasteiger partial charge < -0.3 is 10.3 Å². The number of rotatable bonds is 3. The Kier molecular flexibility index (Phi) is 4.16. The molecule has 0 aliphatic rings. The zero-order valence-corrected chi connectivity index (χ0v) is 13.2. The summed E-state index contributed by atoms with van der Waals surface area (Å²) in [6, 6.07) is 6.65. The summed E-state index contributed by atoms with van der Waals surface area (Å²) in [5.74, 6) is -1.56. The summed E-state index contributed by atoms with van der Waals surface area (Å²) in [4.78, 5) is 15.2. The van der Waals surface area contributed by atoms with Crippen molar-refractivity contribution in [2.45, 2.75) is 12.7 Å². The fourth-order valence-corrected chi connectivity index (χ4v) is 2.63. The fourth-order valence-electron chi connectivity index (χ4n) is 2.51. The number of fused-ring (bicyclic) bond motifs is 1. The van der Waals surface area contributed by atoms with E-state index in [2.05, 4.69) is 4.98 Å². The topological polar surface area (TPSA) is 60.9 Å². The van der Waals surface area contributed by atoms with Crippen molar-refractivity contribution in [1.82, 2.24) is 9.55 Å². The number of pyridine rings is 1. The molecule has 0 radical (unpaired) electrons. The molecule has 0 spiro atoms. The molecule has 0 aliphatic carbocycles. The average molecular weight is 372 g/mol. The highest BCUT2D eigenvalue weighted by molar-refractivity contribution is 6.30. The first kappa shape index (κ1) is 17.2. The molecular formula is C16H10ClF4N3O. The maximum Gasteiger partial charge on any atom is 0.406 e. The third-order valence-corrected chi connectivity index (χ3v) is 3.86. The van der Waals surface area contributed by atoms with Gasteiger partial charge in [-0.15, -0.1) is 0 Å². The molecule has 0 atom stereocenters. The standard InChI is InChI=1S/C16H10ClF4N3O/c17-11-3-1-8(5-12(11)18)10-6-24(7-16(19,20)21)15-9(10)2-4-13(23-15)14(22)25/h1-6H,7H2,(H2,22,25). The van der Waals surface area contributed by atoms with Crippen molar-refractivity contribution in [3.05, 3.63) is 53.1 Å². The Bertz CT molecular complexity index is 981. The van der Waals surface area contributed by atoms with Gasteiger partial charge in [0.2, 0.25) is 0 Å². The number of nitrogens with zero attached hydrogens (tertiary/aromatic N) is 2. The SMILES string of the molecule is NC(=O)c1ccc2c(-c3ccc(Cl)c(F)c3)cn(CC(F)(F)F)c2n1. The molecule has 3 rings (SSSR count). The molecular weight excluding hydrogens is 362 g/mol. The summed E-state index contributed by atoms with van der Waals surface area (Å²) < 4.78 is 53.1. The van der Waals surface area contributed by atoms with Crippen LogP contribution in [0.25, 0.3) is 22.2 Å². The summed E-state index contributed by atoms with van der Waals surface area (Å²) in [7, 11) is 0. The molecule has 0 saturated carbocycles. The van der Waals surface area contributed by atoms with Crippen molar-refractivity contribution in [2.75, 3.05) is 0 Å². The predicted octanol–water partition coefficient (Wildman–Crippen LogP) is 4.16. The third kappa shape index (κ3) is 3.43. The number of carbonyl (C=O) groups is 1. The first-order valence-electron chi connectivity index (χ1n) is 6.97. The van der Waals surface area contributed by atoms with Gasteiger partial charge in [0.15, 0.2) is 0 Å². The van der Waals surface area contributed by atoms with Crippen LogP contribution >= 0.6 is 11.6 Å². The van der Waals surface area contributed by atoms with Crippen LogP contribution in [-0.2, 0) is 6.54 Å². The molecule has 4 nitrogen and oxygen atoms in total. The largest absolute Gasteiger partial charge is 0.406 e. The van der Waals surface area contributed by atoms with Crippen LogP contribution in [-0.4, -0.2) is 21.6 Å². The zero-order chi connectivity index (χ0) is 18.4. The second kappa shape index (κ2) is 6.03. The lowest BCUT2D eigenvalue weighted by Crippen LogP contribution is -2.18. The Balaban J connectivity index is 2.25. The minimum atomic E-state index is -4.50. The lowest BCUT2D eigenvalue weighted by atomic mass is 10.1. The van der Waals surface area contributed by atoms with Gasteiger partial charge in [-0.25, -0.2) is 9.37 Å². The van der Waals surface area contributed by atoms with Gasteiger partial charge >= 0.3 is 6.18 Å². The number of carbonyl (C=O) groups excluding carboxylic acids is 1. The lowest BCUT2D eigenvalue weighted by Gasteiger charge is -2.08. The minimum absolute atomic E-state index is 0.0704. The Morgan fingerprint density at radius 2 is 1.96 bits per heavy atom. The van der Waals surface area contributed by atoms with Crippen LogP contribution in [0.1, 0.15) is 10.5 Å². The van der Waals surface area contributed by atoms with Crippen LogP contribution in [0.4, 0.5) is 17.6 Å². The molecule has 130 valence electrons. The van der Waals surface area contributed by atoms with E-state index < -0.39 is 24.4 Å². The van der Waals surface area contributed by atoms with E-state index in [1.807, 2.05) is 0 Å². The molecule has 0 aliphatic heterocycles. The average Bonchev–Trinajstić information content (AvgIpc) is 2.86. The molecule has 25 heavy (non-hydrogen) atoms. The number of nitrogens with two attached hydrogens (primary N) is 1. The van der Waals surface area contributed by atoms with Gasteiger partial charge in [-0.05, 0) is 29.8 Å². The number of hydrogen-bond donors (Lipinski definition) is 1. The number of aromatic nitrogens is 2. The summed E-state index contributed by atoms with van der Waals surface area (Å²) in [6.07, 6.45) is -3.29. The number of primary amides is 1. The summed E-state index contributed by atoms with van der Waals surface area (Å²) in [5.41, 5.74) is 5.57. The van der Waals surface area contributed by atoms with E-state index in [0.29, 0.717) is 16.5 Å². The van der Waals surface area contributed by atoms with Gasteiger partial charge in [-0.1, -0.05) is 17.7 Å². The van der Waals surface area contributed by atoms with E-state index in [1.54, 1.807) is 0 Å². The van der Waals surface area contributed by atoms with Crippen LogP contribution < -0.4 is 5.73 Å². The van der Waals surface area contributed by atoms with Crippen molar-refractivity contribution in [3.63, 3.8) is 0 Å². The zero-order valence-electron chi connectivity index (χ0n) is 12.4. The summed E-state index contributed by atoms with van der Waals surface area (Å²) >= 11 is 5.64. The number of benzene rings is 1. The number of alkyl halides is 3. The van der Waals surface area contributed by atoms with Crippen molar-refractivity contribution < 1.29 is 22.4 Å². The Hall–Kier alpha value is -2.61. The molecule has 3 aromatic rings. The van der Waals surface area contributed by atoms with E-state index in [4.69, 9.17) is 17.3 Å². The van der Waals surface area contributed by atoms with Crippen LogP contribution in [0.2, 0.25) is 5.02 Å². The number of hydrogen-bond acceptors (Lipinski definition) is 2. The van der Waals surface area contributed by atoms with Crippen molar-refractivity contribution in [1.29, 1.82) is 0 Å². The molecule has 0 bridgehead atoms. The van der Waals surface area contributed by atoms with Gasteiger partial charge in [0.25, 0.3) is 5.91 Å². The van der Waals surface area contributed by atoms with E-state index in [0.717, 1.165) is 10.6 Å². The molecule has 0 fully saturated rings. The molecule has 2 heterocycles. The highest BCUT2D eigenvalue weighted by atomic mass is 35.5. The lowest BCUT2D eigenvalue weighted by molar-refractivity contribution is -0.139. The normalized spacial score (nSPS) is 11.9. The van der Waals surface area contributed by atoms with E-state index in [9.17, 15) is 22.4 Å². The number of amides is 1. The quantitative estimate of drug-likeness (QED) is 0.703. The third-order valence-electron chi connectivity index (χ3n) is 3.55. The van der Waals surface area contributed by atoms with Gasteiger partial charge in [0, 0.05) is 17.1 Å². The van der Waals surface area contributed by atoms with Gasteiger partial charge in [0.05, 0.1) is 5.02 Å². The monoisotopic (exact) mass is 371 g/mol. The fraction of sp³-hybridized carbons (Fsp3) is 0.125. The molecule has 0 unspecified atom stereocenters. The van der Waals surface area contributed by atoms with Crippen LogP contribution in [0.15, 0.2) is 36.5 Å². The highest BCUT2D eigenvalue weighted by Crippen LogP contribution is 2.33. The second-order valence-corrected chi connectivity index (χ2v) is 5.75. The predicted molar refractivity (Wildman–Crippen MR) is 84.7 cm³/mol. The smallest absolute Gasteiger partial charge is 0.364 e. The van der Waals surface area contributed by atoms with Gasteiger partial charge in [-0.3, -0.25) is 4.79 Å². The Morgan fingerprint density at radius 3 is 2.56 bits per heavy atom. The van der Waals surface area contributed by atoms with E-state index in [-0.39, 0.29) is 16.4 Å².